The van der Waals surface area contributed by atoms with E-state index in [0.717, 1.165) is 18.2 Å². The Morgan fingerprint density at radius 1 is 0.912 bits per heavy atom. The van der Waals surface area contributed by atoms with Crippen LogP contribution >= 0.6 is 0 Å². The summed E-state index contributed by atoms with van der Waals surface area (Å²) in [4.78, 5) is 35.3. The highest BCUT2D eigenvalue weighted by Gasteiger charge is 2.33. The van der Waals surface area contributed by atoms with Gasteiger partial charge in [0, 0.05) is 0 Å². The number of hydrogen-bond donors (Lipinski definition) is 1. The van der Waals surface area contributed by atoms with E-state index in [0.29, 0.717) is 23.1 Å². The summed E-state index contributed by atoms with van der Waals surface area (Å²) < 4.78 is 53.5. The van der Waals surface area contributed by atoms with Crippen molar-refractivity contribution in [3.8, 4) is 17.2 Å². The van der Waals surface area contributed by atoms with Crippen molar-refractivity contribution >= 4 is 29.7 Å². The molecule has 180 valence electrons. The Labute approximate surface area is 193 Å². The largest absolute Gasteiger partial charge is 0.507 e. The van der Waals surface area contributed by atoms with Crippen molar-refractivity contribution in [1.82, 2.24) is 0 Å². The van der Waals surface area contributed by atoms with Crippen molar-refractivity contribution in [2.45, 2.75) is 12.6 Å². The van der Waals surface area contributed by atoms with Crippen molar-refractivity contribution in [3.63, 3.8) is 0 Å². The minimum atomic E-state index is -4.74. The zero-order valence-corrected chi connectivity index (χ0v) is 18.2. The highest BCUT2D eigenvalue weighted by atomic mass is 19.4. The fourth-order valence-electron chi connectivity index (χ4n) is 2.65. The number of alkyl halides is 3. The number of hydrogen-bond acceptors (Lipinski definition) is 7. The van der Waals surface area contributed by atoms with Crippen LogP contribution < -0.4 is 9.47 Å². The zero-order valence-electron chi connectivity index (χ0n) is 18.2. The van der Waals surface area contributed by atoms with Crippen LogP contribution in [0.4, 0.5) is 13.2 Å². The Kier molecular flexibility index (Phi) is 9.00. The van der Waals surface area contributed by atoms with Crippen LogP contribution in [0.2, 0.25) is 0 Å². The second-order valence-electron chi connectivity index (χ2n) is 6.83. The summed E-state index contributed by atoms with van der Waals surface area (Å²) in [5, 5.41) is 9.33. The second kappa shape index (κ2) is 11.7. The van der Waals surface area contributed by atoms with E-state index in [1.54, 1.807) is 12.1 Å². The van der Waals surface area contributed by atoms with Gasteiger partial charge >= 0.3 is 12.1 Å². The molecular weight excluding hydrogens is 457 g/mol. The van der Waals surface area contributed by atoms with Gasteiger partial charge in [-0.05, 0) is 47.5 Å². The average molecular weight is 478 g/mol. The number of aromatic hydroxyl groups is 1. The molecule has 10 heteroatoms. The molecule has 0 aromatic heterocycles. The number of benzene rings is 2. The summed E-state index contributed by atoms with van der Waals surface area (Å²) in [5.41, 5.74) is -0.622. The highest BCUT2D eigenvalue weighted by Crippen LogP contribution is 2.36. The van der Waals surface area contributed by atoms with E-state index in [1.807, 2.05) is 0 Å². The number of methoxy groups -OCH3 is 2. The van der Waals surface area contributed by atoms with Gasteiger partial charge in [-0.25, -0.2) is 4.79 Å². The van der Waals surface area contributed by atoms with E-state index in [1.165, 1.54) is 38.5 Å². The summed E-state index contributed by atoms with van der Waals surface area (Å²) in [7, 11) is 2.63. The summed E-state index contributed by atoms with van der Waals surface area (Å²) in [6, 6.07) is 7.48. The standard InChI is InChI=1S/C24H21F3O7/c1-32-22-12-16(6-10-21(22)34-14-23(31)33-2)4-8-18(29)13-17(28)7-3-15-5-9-20(30)19(11-15)24(25,26)27/h3-12,30H,13-14H2,1-2H3/b7-3+,8-4+. The number of carbonyl (C=O) groups is 3. The van der Waals surface area contributed by atoms with E-state index < -0.39 is 41.4 Å². The van der Waals surface area contributed by atoms with Crippen molar-refractivity contribution in [2.24, 2.45) is 0 Å². The first-order valence-electron chi connectivity index (χ1n) is 9.73. The number of phenols is 1. The number of ether oxygens (including phenoxy) is 3. The zero-order chi connectivity index (χ0) is 25.3. The number of phenolic OH excluding ortho intramolecular Hbond substituents is 1. The van der Waals surface area contributed by atoms with E-state index in [-0.39, 0.29) is 12.2 Å². The van der Waals surface area contributed by atoms with Gasteiger partial charge in [-0.3, -0.25) is 9.59 Å². The lowest BCUT2D eigenvalue weighted by Gasteiger charge is -2.10. The molecule has 34 heavy (non-hydrogen) atoms. The van der Waals surface area contributed by atoms with Gasteiger partial charge in [0.15, 0.2) is 29.7 Å². The Hall–Kier alpha value is -4.08. The predicted molar refractivity (Wildman–Crippen MR) is 116 cm³/mol. The molecule has 0 aliphatic heterocycles. The molecule has 2 aromatic rings. The third-order valence-corrected chi connectivity index (χ3v) is 4.36. The summed E-state index contributed by atoms with van der Waals surface area (Å²) in [6.45, 7) is -0.308. The van der Waals surface area contributed by atoms with Gasteiger partial charge in [0.25, 0.3) is 0 Å². The van der Waals surface area contributed by atoms with Gasteiger partial charge in [-0.1, -0.05) is 24.3 Å². The van der Waals surface area contributed by atoms with Crippen LogP contribution in [0.1, 0.15) is 23.1 Å². The molecule has 0 fully saturated rings. The van der Waals surface area contributed by atoms with Crippen LogP contribution in [0.3, 0.4) is 0 Å². The molecule has 0 atom stereocenters. The maximum absolute atomic E-state index is 12.8. The third kappa shape index (κ3) is 7.80. The van der Waals surface area contributed by atoms with Crippen molar-refractivity contribution in [3.05, 3.63) is 65.2 Å². The molecule has 0 spiro atoms. The van der Waals surface area contributed by atoms with E-state index in [4.69, 9.17) is 9.47 Å². The summed E-state index contributed by atoms with van der Waals surface area (Å²) in [5.74, 6) is -2.02. The maximum atomic E-state index is 12.8. The molecule has 0 aliphatic carbocycles. The maximum Gasteiger partial charge on any atom is 0.419 e. The van der Waals surface area contributed by atoms with E-state index in [9.17, 15) is 32.7 Å². The van der Waals surface area contributed by atoms with Gasteiger partial charge in [-0.2, -0.15) is 13.2 Å². The fourth-order valence-corrected chi connectivity index (χ4v) is 2.65. The minimum Gasteiger partial charge on any atom is -0.507 e. The number of allylic oxidation sites excluding steroid dienone is 2. The number of ketones is 2. The second-order valence-corrected chi connectivity index (χ2v) is 6.83. The smallest absolute Gasteiger partial charge is 0.419 e. The summed E-state index contributed by atoms with van der Waals surface area (Å²) >= 11 is 0. The molecule has 0 saturated carbocycles. The lowest BCUT2D eigenvalue weighted by atomic mass is 10.1. The quantitative estimate of drug-likeness (QED) is 0.310. The van der Waals surface area contributed by atoms with Crippen LogP contribution in [0, 0.1) is 0 Å². The highest BCUT2D eigenvalue weighted by molar-refractivity contribution is 6.10. The monoisotopic (exact) mass is 478 g/mol. The molecular formula is C24H21F3O7. The number of rotatable bonds is 10. The van der Waals surface area contributed by atoms with Crippen LogP contribution in [0.25, 0.3) is 12.2 Å². The fraction of sp³-hybridized carbons (Fsp3) is 0.208. The van der Waals surface area contributed by atoms with Crippen LogP contribution in [0.5, 0.6) is 17.2 Å². The number of esters is 1. The first kappa shape index (κ1) is 26.2. The van der Waals surface area contributed by atoms with Gasteiger partial charge < -0.3 is 19.3 Å². The molecule has 0 amide bonds. The van der Waals surface area contributed by atoms with Crippen molar-refractivity contribution < 1.29 is 46.9 Å². The molecule has 1 N–H and O–H groups in total. The Morgan fingerprint density at radius 2 is 1.50 bits per heavy atom. The third-order valence-electron chi connectivity index (χ3n) is 4.36. The Balaban J connectivity index is 1.99. The molecule has 2 rings (SSSR count). The topological polar surface area (TPSA) is 99.1 Å². The van der Waals surface area contributed by atoms with Crippen molar-refractivity contribution in [1.29, 1.82) is 0 Å². The van der Waals surface area contributed by atoms with E-state index >= 15 is 0 Å². The lowest BCUT2D eigenvalue weighted by molar-refractivity contribution is -0.143. The van der Waals surface area contributed by atoms with E-state index in [2.05, 4.69) is 4.74 Å². The lowest BCUT2D eigenvalue weighted by Crippen LogP contribution is -2.12. The van der Waals surface area contributed by atoms with Gasteiger partial charge in [-0.15, -0.1) is 0 Å². The molecule has 0 bridgehead atoms. The minimum absolute atomic E-state index is 0.0445. The van der Waals surface area contributed by atoms with Crippen LogP contribution in [0.15, 0.2) is 48.6 Å². The first-order valence-corrected chi connectivity index (χ1v) is 9.73. The normalized spacial score (nSPS) is 11.6. The Morgan fingerprint density at radius 3 is 2.06 bits per heavy atom. The van der Waals surface area contributed by atoms with Gasteiger partial charge in [0.2, 0.25) is 0 Å². The van der Waals surface area contributed by atoms with Crippen molar-refractivity contribution in [2.75, 3.05) is 20.8 Å². The average Bonchev–Trinajstić information content (AvgIpc) is 2.80. The molecule has 7 nitrogen and oxygen atoms in total. The number of halogens is 3. The SMILES string of the molecule is COC(=O)COc1ccc(/C=C/C(=O)CC(=O)/C=C/c2ccc(O)c(C(F)(F)F)c2)cc1OC. The Bertz CT molecular complexity index is 1120. The molecule has 0 unspecified atom stereocenters. The molecule has 0 radical (unpaired) electrons. The van der Waals surface area contributed by atoms with Crippen LogP contribution in [-0.2, 0) is 25.3 Å². The van der Waals surface area contributed by atoms with Gasteiger partial charge in [0.05, 0.1) is 26.2 Å². The summed E-state index contributed by atoms with van der Waals surface area (Å²) in [6.07, 6.45) is -0.484. The molecule has 2 aromatic carbocycles. The van der Waals surface area contributed by atoms with Crippen LogP contribution in [-0.4, -0.2) is 43.5 Å². The molecule has 0 saturated heterocycles. The first-order chi connectivity index (χ1) is 16.0. The predicted octanol–water partition coefficient (Wildman–Crippen LogP) is 4.23. The van der Waals surface area contributed by atoms with Gasteiger partial charge in [0.1, 0.15) is 5.75 Å². The number of carbonyl (C=O) groups excluding carboxylic acids is 3. The molecule has 0 heterocycles. The molecule has 0 aliphatic rings.